The van der Waals surface area contributed by atoms with Gasteiger partial charge in [-0.2, -0.15) is 13.2 Å². The zero-order valence-corrected chi connectivity index (χ0v) is 14.6. The summed E-state index contributed by atoms with van der Waals surface area (Å²) in [5.74, 6) is 0.340. The van der Waals surface area contributed by atoms with E-state index in [-0.39, 0.29) is 23.6 Å². The molecule has 0 bridgehead atoms. The zero-order valence-electron chi connectivity index (χ0n) is 14.6. The van der Waals surface area contributed by atoms with Crippen LogP contribution in [0.5, 0.6) is 0 Å². The third kappa shape index (κ3) is 4.16. The van der Waals surface area contributed by atoms with Crippen molar-refractivity contribution in [3.8, 4) is 11.3 Å². The van der Waals surface area contributed by atoms with Crippen molar-refractivity contribution < 1.29 is 22.4 Å². The summed E-state index contributed by atoms with van der Waals surface area (Å²) in [6.07, 6.45) is -3.92. The van der Waals surface area contributed by atoms with E-state index in [9.17, 15) is 18.0 Å². The standard InChI is InChI=1S/C19H21F3N2O2/c1-2-23-7-9-24(10-8-23)12-15-4-3-14(11-17(15)19(20,21)22)18-6-5-16(13-25)26-18/h3-6,11,13H,2,7-10,12H2,1H3. The zero-order chi connectivity index (χ0) is 18.7. The minimum Gasteiger partial charge on any atom is -0.453 e. The molecule has 0 spiro atoms. The Bertz CT molecular complexity index is 762. The number of halogens is 3. The molecule has 1 fully saturated rings. The lowest BCUT2D eigenvalue weighted by molar-refractivity contribution is -0.138. The monoisotopic (exact) mass is 366 g/mol. The molecule has 0 atom stereocenters. The van der Waals surface area contributed by atoms with Crippen LogP contribution in [0, 0.1) is 0 Å². The fourth-order valence-corrected chi connectivity index (χ4v) is 3.21. The Labute approximate surface area is 150 Å². The third-order valence-electron chi connectivity index (χ3n) is 4.75. The number of carbonyl (C=O) groups is 1. The summed E-state index contributed by atoms with van der Waals surface area (Å²) in [5, 5.41) is 0. The number of likely N-dealkylation sites (N-methyl/N-ethyl adjacent to an activating group) is 1. The van der Waals surface area contributed by atoms with Crippen molar-refractivity contribution in [3.63, 3.8) is 0 Å². The van der Waals surface area contributed by atoms with Crippen LogP contribution in [0.2, 0.25) is 0 Å². The number of furan rings is 1. The van der Waals surface area contributed by atoms with E-state index in [0.29, 0.717) is 11.8 Å². The number of aldehydes is 1. The topological polar surface area (TPSA) is 36.7 Å². The average molecular weight is 366 g/mol. The summed E-state index contributed by atoms with van der Waals surface area (Å²) in [6, 6.07) is 7.17. The molecule has 26 heavy (non-hydrogen) atoms. The number of hydrogen-bond acceptors (Lipinski definition) is 4. The Morgan fingerprint density at radius 3 is 2.35 bits per heavy atom. The number of alkyl halides is 3. The molecule has 0 radical (unpaired) electrons. The molecule has 1 aromatic carbocycles. The normalized spacial score (nSPS) is 16.8. The Kier molecular flexibility index (Phi) is 5.48. The van der Waals surface area contributed by atoms with Crippen molar-refractivity contribution in [1.82, 2.24) is 9.80 Å². The van der Waals surface area contributed by atoms with Crippen LogP contribution in [0.4, 0.5) is 13.2 Å². The van der Waals surface area contributed by atoms with Gasteiger partial charge in [-0.05, 0) is 30.3 Å². The lowest BCUT2D eigenvalue weighted by Gasteiger charge is -2.34. The maximum Gasteiger partial charge on any atom is 0.416 e. The molecule has 0 unspecified atom stereocenters. The van der Waals surface area contributed by atoms with Gasteiger partial charge < -0.3 is 9.32 Å². The van der Waals surface area contributed by atoms with Crippen LogP contribution in [0.1, 0.15) is 28.6 Å². The van der Waals surface area contributed by atoms with E-state index >= 15 is 0 Å². The smallest absolute Gasteiger partial charge is 0.416 e. The quantitative estimate of drug-likeness (QED) is 0.752. The van der Waals surface area contributed by atoms with Crippen molar-refractivity contribution in [1.29, 1.82) is 0 Å². The minimum absolute atomic E-state index is 0.0893. The molecule has 4 nitrogen and oxygen atoms in total. The number of nitrogens with zero attached hydrogens (tertiary/aromatic N) is 2. The molecule has 7 heteroatoms. The maximum absolute atomic E-state index is 13.6. The largest absolute Gasteiger partial charge is 0.453 e. The lowest BCUT2D eigenvalue weighted by atomic mass is 10.0. The Morgan fingerprint density at radius 1 is 1.08 bits per heavy atom. The highest BCUT2D eigenvalue weighted by atomic mass is 19.4. The first-order chi connectivity index (χ1) is 12.4. The van der Waals surface area contributed by atoms with Gasteiger partial charge in [0.25, 0.3) is 0 Å². The van der Waals surface area contributed by atoms with Gasteiger partial charge in [0, 0.05) is 38.3 Å². The molecule has 2 heterocycles. The Balaban J connectivity index is 1.84. The molecular formula is C19H21F3N2O2. The molecule has 1 saturated heterocycles. The van der Waals surface area contributed by atoms with E-state index < -0.39 is 11.7 Å². The summed E-state index contributed by atoms with van der Waals surface area (Å²) >= 11 is 0. The fraction of sp³-hybridized carbons (Fsp3) is 0.421. The van der Waals surface area contributed by atoms with Crippen LogP contribution in [-0.4, -0.2) is 48.8 Å². The van der Waals surface area contributed by atoms with E-state index in [0.717, 1.165) is 38.8 Å². The van der Waals surface area contributed by atoms with Crippen molar-refractivity contribution in [2.45, 2.75) is 19.6 Å². The third-order valence-corrected chi connectivity index (χ3v) is 4.75. The van der Waals surface area contributed by atoms with Gasteiger partial charge >= 0.3 is 6.18 Å². The fourth-order valence-electron chi connectivity index (χ4n) is 3.21. The summed E-state index contributed by atoms with van der Waals surface area (Å²) in [6.45, 7) is 6.57. The first-order valence-electron chi connectivity index (χ1n) is 8.61. The second kappa shape index (κ2) is 7.63. The van der Waals surface area contributed by atoms with E-state index in [2.05, 4.69) is 11.8 Å². The summed E-state index contributed by atoms with van der Waals surface area (Å²) in [5.41, 5.74) is -0.0877. The molecule has 1 aliphatic rings. The van der Waals surface area contributed by atoms with Crippen molar-refractivity contribution in [3.05, 3.63) is 47.2 Å². The van der Waals surface area contributed by atoms with Gasteiger partial charge in [0.15, 0.2) is 12.0 Å². The van der Waals surface area contributed by atoms with E-state index in [1.54, 1.807) is 6.07 Å². The molecule has 0 saturated carbocycles. The number of benzene rings is 1. The minimum atomic E-state index is -4.45. The van der Waals surface area contributed by atoms with Crippen LogP contribution in [0.25, 0.3) is 11.3 Å². The van der Waals surface area contributed by atoms with Crippen molar-refractivity contribution in [2.24, 2.45) is 0 Å². The molecular weight excluding hydrogens is 345 g/mol. The number of hydrogen-bond donors (Lipinski definition) is 0. The second-order valence-corrected chi connectivity index (χ2v) is 6.40. The molecule has 1 aromatic heterocycles. The molecule has 1 aliphatic heterocycles. The summed E-state index contributed by atoms with van der Waals surface area (Å²) < 4.78 is 46.0. The summed E-state index contributed by atoms with van der Waals surface area (Å²) in [7, 11) is 0. The Hall–Kier alpha value is -2.12. The van der Waals surface area contributed by atoms with Crippen LogP contribution >= 0.6 is 0 Å². The van der Waals surface area contributed by atoms with Crippen LogP contribution in [0.3, 0.4) is 0 Å². The van der Waals surface area contributed by atoms with Gasteiger partial charge in [-0.3, -0.25) is 9.69 Å². The molecule has 0 aliphatic carbocycles. The maximum atomic E-state index is 13.6. The summed E-state index contributed by atoms with van der Waals surface area (Å²) in [4.78, 5) is 15.0. The second-order valence-electron chi connectivity index (χ2n) is 6.40. The predicted molar refractivity (Wildman–Crippen MR) is 91.9 cm³/mol. The predicted octanol–water partition coefficient (Wildman–Crippen LogP) is 3.92. The molecule has 0 N–H and O–H groups in total. The van der Waals surface area contributed by atoms with Gasteiger partial charge in [-0.1, -0.05) is 19.1 Å². The van der Waals surface area contributed by atoms with Crippen LogP contribution < -0.4 is 0 Å². The van der Waals surface area contributed by atoms with Crippen molar-refractivity contribution >= 4 is 6.29 Å². The highest BCUT2D eigenvalue weighted by Crippen LogP contribution is 2.36. The van der Waals surface area contributed by atoms with Gasteiger partial charge in [-0.15, -0.1) is 0 Å². The van der Waals surface area contributed by atoms with Gasteiger partial charge in [0.1, 0.15) is 5.76 Å². The van der Waals surface area contributed by atoms with Crippen LogP contribution in [-0.2, 0) is 12.7 Å². The Morgan fingerprint density at radius 2 is 1.77 bits per heavy atom. The molecule has 0 amide bonds. The number of carbonyl (C=O) groups excluding carboxylic acids is 1. The molecule has 3 rings (SSSR count). The highest BCUT2D eigenvalue weighted by Gasteiger charge is 2.34. The molecule has 2 aromatic rings. The van der Waals surface area contributed by atoms with Gasteiger partial charge in [-0.25, -0.2) is 0 Å². The first-order valence-corrected chi connectivity index (χ1v) is 8.61. The number of rotatable bonds is 5. The van der Waals surface area contributed by atoms with E-state index in [4.69, 9.17) is 4.42 Å². The van der Waals surface area contributed by atoms with Crippen LogP contribution in [0.15, 0.2) is 34.7 Å². The van der Waals surface area contributed by atoms with E-state index in [1.807, 2.05) is 4.90 Å². The van der Waals surface area contributed by atoms with E-state index in [1.165, 1.54) is 18.2 Å². The highest BCUT2D eigenvalue weighted by molar-refractivity contribution is 5.73. The van der Waals surface area contributed by atoms with Gasteiger partial charge in [0.05, 0.1) is 5.56 Å². The lowest BCUT2D eigenvalue weighted by Crippen LogP contribution is -2.45. The first kappa shape index (κ1) is 18.7. The SMILES string of the molecule is CCN1CCN(Cc2ccc(-c3ccc(C=O)o3)cc2C(F)(F)F)CC1. The number of piperazine rings is 1. The molecule has 140 valence electrons. The average Bonchev–Trinajstić information content (AvgIpc) is 3.11. The van der Waals surface area contributed by atoms with Crippen molar-refractivity contribution in [2.75, 3.05) is 32.7 Å². The van der Waals surface area contributed by atoms with Gasteiger partial charge in [0.2, 0.25) is 0 Å².